The smallest absolute Gasteiger partial charge is 0.328 e. The van der Waals surface area contributed by atoms with Gasteiger partial charge in [0.1, 0.15) is 11.9 Å². The number of methoxy groups -OCH3 is 1. The van der Waals surface area contributed by atoms with Gasteiger partial charge in [-0.3, -0.25) is 9.69 Å². The van der Waals surface area contributed by atoms with E-state index < -0.39 is 12.0 Å². The number of amides is 1. The number of hydrogen-bond acceptors (Lipinski definition) is 3. The molecule has 0 heterocycles. The van der Waals surface area contributed by atoms with Crippen LogP contribution in [0.15, 0.2) is 54.6 Å². The molecular weight excluding hydrogens is 321 g/mol. The maximum Gasteiger partial charge on any atom is 0.328 e. The van der Waals surface area contributed by atoms with Crippen LogP contribution in [0.25, 0.3) is 0 Å². The first kappa shape index (κ1) is 18.6. The molecule has 0 aliphatic heterocycles. The predicted octanol–water partition coefficient (Wildman–Crippen LogP) is 3.74. The van der Waals surface area contributed by atoms with Gasteiger partial charge in [-0.15, -0.1) is 0 Å². The lowest BCUT2D eigenvalue weighted by molar-refractivity contribution is -0.143. The number of anilines is 1. The maximum absolute atomic E-state index is 13.3. The molecule has 25 heavy (non-hydrogen) atoms. The first-order valence-electron chi connectivity index (χ1n) is 8.26. The van der Waals surface area contributed by atoms with Gasteiger partial charge < -0.3 is 4.74 Å². The van der Waals surface area contributed by atoms with Crippen LogP contribution in [0, 0.1) is 5.82 Å². The Bertz CT molecular complexity index is 718. The molecule has 0 bridgehead atoms. The molecule has 2 aromatic rings. The molecule has 0 saturated heterocycles. The van der Waals surface area contributed by atoms with E-state index in [1.165, 1.54) is 24.1 Å². The second kappa shape index (κ2) is 8.97. The molecule has 0 spiro atoms. The molecule has 0 aliphatic carbocycles. The fraction of sp³-hybridized carbons (Fsp3) is 0.300. The van der Waals surface area contributed by atoms with E-state index in [1.807, 2.05) is 25.1 Å². The summed E-state index contributed by atoms with van der Waals surface area (Å²) in [6.45, 7) is 1.83. The standard InChI is InChI=1S/C20H22FNO3/c1-3-18(20(24)25-2)22(17-10-5-4-6-11-17)19(23)13-12-15-8-7-9-16(21)14-15/h4-11,14,18H,3,12-13H2,1-2H3. The quantitative estimate of drug-likeness (QED) is 0.720. The van der Waals surface area contributed by atoms with Crippen molar-refractivity contribution in [3.63, 3.8) is 0 Å². The second-order valence-electron chi connectivity index (χ2n) is 5.68. The molecule has 0 N–H and O–H groups in total. The summed E-state index contributed by atoms with van der Waals surface area (Å²) in [5.74, 6) is -0.982. The number of aryl methyl sites for hydroxylation is 1. The van der Waals surface area contributed by atoms with E-state index in [0.29, 0.717) is 18.5 Å². The lowest BCUT2D eigenvalue weighted by Crippen LogP contribution is -2.45. The van der Waals surface area contributed by atoms with Crippen molar-refractivity contribution in [1.82, 2.24) is 0 Å². The average Bonchev–Trinajstić information content (AvgIpc) is 2.64. The molecule has 4 nitrogen and oxygen atoms in total. The Kier molecular flexibility index (Phi) is 6.69. The van der Waals surface area contributed by atoms with Gasteiger partial charge in [0.25, 0.3) is 0 Å². The summed E-state index contributed by atoms with van der Waals surface area (Å²) >= 11 is 0. The van der Waals surface area contributed by atoms with Gasteiger partial charge in [0.15, 0.2) is 0 Å². The van der Waals surface area contributed by atoms with E-state index in [4.69, 9.17) is 4.74 Å². The minimum Gasteiger partial charge on any atom is -0.467 e. The SMILES string of the molecule is CCC(C(=O)OC)N(C(=O)CCc1cccc(F)c1)c1ccccc1. The number of halogens is 1. The average molecular weight is 343 g/mol. The van der Waals surface area contributed by atoms with Crippen LogP contribution in [-0.4, -0.2) is 25.0 Å². The van der Waals surface area contributed by atoms with Gasteiger partial charge in [-0.05, 0) is 42.7 Å². The fourth-order valence-electron chi connectivity index (χ4n) is 2.74. The zero-order valence-electron chi connectivity index (χ0n) is 14.4. The Morgan fingerprint density at radius 3 is 2.44 bits per heavy atom. The number of esters is 1. The minimum atomic E-state index is -0.688. The summed E-state index contributed by atoms with van der Waals surface area (Å²) in [5.41, 5.74) is 1.39. The largest absolute Gasteiger partial charge is 0.467 e. The lowest BCUT2D eigenvalue weighted by Gasteiger charge is -2.29. The number of para-hydroxylation sites is 1. The third-order valence-corrected chi connectivity index (χ3v) is 3.99. The predicted molar refractivity (Wildman–Crippen MR) is 94.7 cm³/mol. The van der Waals surface area contributed by atoms with Crippen LogP contribution in [0.3, 0.4) is 0 Å². The van der Waals surface area contributed by atoms with Crippen LogP contribution in [0.2, 0.25) is 0 Å². The summed E-state index contributed by atoms with van der Waals surface area (Å²) in [6, 6.07) is 14.5. The van der Waals surface area contributed by atoms with Crippen molar-refractivity contribution >= 4 is 17.6 Å². The molecule has 0 saturated carbocycles. The molecule has 2 aromatic carbocycles. The highest BCUT2D eigenvalue weighted by atomic mass is 19.1. The summed E-state index contributed by atoms with van der Waals surface area (Å²) in [7, 11) is 1.31. The van der Waals surface area contributed by atoms with E-state index in [-0.39, 0.29) is 18.1 Å². The Balaban J connectivity index is 2.22. The summed E-state index contributed by atoms with van der Waals surface area (Å²) in [6.07, 6.45) is 1.01. The molecular formula is C20H22FNO3. The van der Waals surface area contributed by atoms with Crippen molar-refractivity contribution < 1.29 is 18.7 Å². The lowest BCUT2D eigenvalue weighted by atomic mass is 10.1. The first-order chi connectivity index (χ1) is 12.1. The van der Waals surface area contributed by atoms with Gasteiger partial charge >= 0.3 is 5.97 Å². The molecule has 0 radical (unpaired) electrons. The number of benzene rings is 2. The fourth-order valence-corrected chi connectivity index (χ4v) is 2.74. The summed E-state index contributed by atoms with van der Waals surface area (Å²) < 4.78 is 18.1. The van der Waals surface area contributed by atoms with Crippen molar-refractivity contribution in [3.05, 3.63) is 66.0 Å². The van der Waals surface area contributed by atoms with Gasteiger partial charge in [-0.25, -0.2) is 9.18 Å². The van der Waals surface area contributed by atoms with E-state index in [2.05, 4.69) is 0 Å². The molecule has 5 heteroatoms. The highest BCUT2D eigenvalue weighted by Gasteiger charge is 2.30. The van der Waals surface area contributed by atoms with Crippen molar-refractivity contribution in [2.45, 2.75) is 32.2 Å². The molecule has 1 unspecified atom stereocenters. The zero-order valence-corrected chi connectivity index (χ0v) is 14.4. The molecule has 1 amide bonds. The Morgan fingerprint density at radius 2 is 1.84 bits per heavy atom. The van der Waals surface area contributed by atoms with Gasteiger partial charge in [0.2, 0.25) is 5.91 Å². The third kappa shape index (κ3) is 4.89. The second-order valence-corrected chi connectivity index (χ2v) is 5.68. The number of ether oxygens (including phenoxy) is 1. The van der Waals surface area contributed by atoms with Gasteiger partial charge in [-0.1, -0.05) is 37.3 Å². The van der Waals surface area contributed by atoms with Crippen LogP contribution in [0.4, 0.5) is 10.1 Å². The molecule has 2 rings (SSSR count). The van der Waals surface area contributed by atoms with Gasteiger partial charge in [0, 0.05) is 12.1 Å². The highest BCUT2D eigenvalue weighted by Crippen LogP contribution is 2.21. The Labute approximate surface area is 147 Å². The van der Waals surface area contributed by atoms with Gasteiger partial charge in [0.05, 0.1) is 7.11 Å². The number of nitrogens with zero attached hydrogens (tertiary/aromatic N) is 1. The molecule has 132 valence electrons. The Morgan fingerprint density at radius 1 is 1.12 bits per heavy atom. The number of rotatable bonds is 7. The highest BCUT2D eigenvalue weighted by molar-refractivity contribution is 5.99. The van der Waals surface area contributed by atoms with Crippen molar-refractivity contribution in [1.29, 1.82) is 0 Å². The Hall–Kier alpha value is -2.69. The van der Waals surface area contributed by atoms with Crippen molar-refractivity contribution in [2.24, 2.45) is 0 Å². The van der Waals surface area contributed by atoms with Crippen LogP contribution in [-0.2, 0) is 20.7 Å². The topological polar surface area (TPSA) is 46.6 Å². The van der Waals surface area contributed by atoms with E-state index in [1.54, 1.807) is 24.3 Å². The molecule has 0 aliphatic rings. The number of carbonyl (C=O) groups excluding carboxylic acids is 2. The molecule has 0 fully saturated rings. The van der Waals surface area contributed by atoms with Crippen molar-refractivity contribution in [3.8, 4) is 0 Å². The molecule has 0 aromatic heterocycles. The third-order valence-electron chi connectivity index (χ3n) is 3.99. The summed E-state index contributed by atoms with van der Waals surface area (Å²) in [4.78, 5) is 26.4. The maximum atomic E-state index is 13.3. The number of carbonyl (C=O) groups is 2. The van der Waals surface area contributed by atoms with E-state index in [9.17, 15) is 14.0 Å². The normalized spacial score (nSPS) is 11.6. The minimum absolute atomic E-state index is 0.172. The van der Waals surface area contributed by atoms with Crippen LogP contribution in [0.1, 0.15) is 25.3 Å². The zero-order chi connectivity index (χ0) is 18.2. The van der Waals surface area contributed by atoms with E-state index in [0.717, 1.165) is 5.56 Å². The first-order valence-corrected chi connectivity index (χ1v) is 8.26. The van der Waals surface area contributed by atoms with Crippen LogP contribution >= 0.6 is 0 Å². The summed E-state index contributed by atoms with van der Waals surface area (Å²) in [5, 5.41) is 0. The van der Waals surface area contributed by atoms with Crippen molar-refractivity contribution in [2.75, 3.05) is 12.0 Å². The van der Waals surface area contributed by atoms with Crippen LogP contribution in [0.5, 0.6) is 0 Å². The monoisotopic (exact) mass is 343 g/mol. The van der Waals surface area contributed by atoms with Crippen LogP contribution < -0.4 is 4.90 Å². The molecule has 1 atom stereocenters. The number of hydrogen-bond donors (Lipinski definition) is 0. The van der Waals surface area contributed by atoms with Gasteiger partial charge in [-0.2, -0.15) is 0 Å². The van der Waals surface area contributed by atoms with E-state index >= 15 is 0 Å².